The average molecular weight is 444 g/mol. The van der Waals surface area contributed by atoms with Crippen molar-refractivity contribution in [2.45, 2.75) is 18.8 Å². The van der Waals surface area contributed by atoms with Gasteiger partial charge in [-0.25, -0.2) is 9.97 Å². The first-order valence-corrected chi connectivity index (χ1v) is 11.7. The molecule has 1 atom stereocenters. The number of nitrogens with zero attached hydrogens (tertiary/aromatic N) is 5. The number of benzene rings is 2. The second-order valence-corrected chi connectivity index (χ2v) is 9.41. The Morgan fingerprint density at radius 2 is 1.75 bits per heavy atom. The minimum atomic E-state index is -0.677. The maximum Gasteiger partial charge on any atom is 0.233 e. The molecule has 0 aliphatic carbocycles. The highest BCUT2D eigenvalue weighted by molar-refractivity contribution is 7.18. The molecular formula is C25H25N5OS. The van der Waals surface area contributed by atoms with Gasteiger partial charge in [0.15, 0.2) is 0 Å². The summed E-state index contributed by atoms with van der Waals surface area (Å²) in [6.07, 6.45) is 5.74. The molecule has 0 radical (unpaired) electrons. The second kappa shape index (κ2) is 8.67. The van der Waals surface area contributed by atoms with E-state index >= 15 is 0 Å². The molecule has 6 nitrogen and oxygen atoms in total. The summed E-state index contributed by atoms with van der Waals surface area (Å²) in [7, 11) is 0. The molecule has 2 aromatic heterocycles. The zero-order chi connectivity index (χ0) is 22.0. The van der Waals surface area contributed by atoms with Gasteiger partial charge < -0.3 is 9.80 Å². The third-order valence-electron chi connectivity index (χ3n) is 6.17. The van der Waals surface area contributed by atoms with Crippen LogP contribution in [0.1, 0.15) is 17.5 Å². The minimum Gasteiger partial charge on any atom is -0.352 e. The van der Waals surface area contributed by atoms with Crippen LogP contribution < -0.4 is 4.90 Å². The molecule has 5 rings (SSSR count). The van der Waals surface area contributed by atoms with Gasteiger partial charge in [0, 0.05) is 45.0 Å². The van der Waals surface area contributed by atoms with E-state index in [0.29, 0.717) is 19.5 Å². The molecule has 4 aromatic rings. The highest BCUT2D eigenvalue weighted by Gasteiger charge is 2.40. The largest absolute Gasteiger partial charge is 0.352 e. The monoisotopic (exact) mass is 443 g/mol. The number of thiazole rings is 1. The zero-order valence-corrected chi connectivity index (χ0v) is 18.8. The van der Waals surface area contributed by atoms with Crippen LogP contribution in [-0.2, 0) is 16.6 Å². The molecule has 162 valence electrons. The summed E-state index contributed by atoms with van der Waals surface area (Å²) in [6, 6.07) is 18.3. The fourth-order valence-corrected chi connectivity index (χ4v) is 5.47. The molecule has 0 saturated carbocycles. The summed E-state index contributed by atoms with van der Waals surface area (Å²) in [5, 5.41) is 0.990. The average Bonchev–Trinajstić information content (AvgIpc) is 3.27. The molecule has 1 unspecified atom stereocenters. The number of amides is 1. The van der Waals surface area contributed by atoms with Crippen molar-refractivity contribution in [1.29, 1.82) is 0 Å². The van der Waals surface area contributed by atoms with Crippen molar-refractivity contribution < 1.29 is 4.79 Å². The Morgan fingerprint density at radius 1 is 1.00 bits per heavy atom. The van der Waals surface area contributed by atoms with Crippen LogP contribution in [0.15, 0.2) is 73.2 Å². The molecule has 1 fully saturated rings. The highest BCUT2D eigenvalue weighted by atomic mass is 32.1. The Hall–Kier alpha value is -3.32. The van der Waals surface area contributed by atoms with E-state index in [9.17, 15) is 4.79 Å². The molecule has 32 heavy (non-hydrogen) atoms. The van der Waals surface area contributed by atoms with E-state index in [-0.39, 0.29) is 5.91 Å². The first kappa shape index (κ1) is 20.6. The van der Waals surface area contributed by atoms with Crippen LogP contribution in [-0.4, -0.2) is 51.9 Å². The van der Waals surface area contributed by atoms with Crippen molar-refractivity contribution in [1.82, 2.24) is 19.9 Å². The smallest absolute Gasteiger partial charge is 0.233 e. The van der Waals surface area contributed by atoms with E-state index in [0.717, 1.165) is 39.7 Å². The van der Waals surface area contributed by atoms with E-state index in [2.05, 4.69) is 40.0 Å². The third kappa shape index (κ3) is 3.96. The standard InChI is InChI=1S/C25H25N5OS/c1-25(19-7-3-2-4-8-19,17-23-28-20-9-5-6-10-21(20)32-23)24(31)30-15-13-29(14-16-30)22-18-26-11-12-27-22/h2-12,18H,13-17H2,1H3. The lowest BCUT2D eigenvalue weighted by molar-refractivity contribution is -0.137. The fourth-order valence-electron chi connectivity index (χ4n) is 4.35. The van der Waals surface area contributed by atoms with Crippen molar-refractivity contribution in [3.05, 3.63) is 83.8 Å². The predicted molar refractivity (Wildman–Crippen MR) is 128 cm³/mol. The van der Waals surface area contributed by atoms with E-state index in [1.165, 1.54) is 0 Å². The van der Waals surface area contributed by atoms with Crippen molar-refractivity contribution in [2.24, 2.45) is 0 Å². The van der Waals surface area contributed by atoms with Crippen molar-refractivity contribution >= 4 is 33.3 Å². The molecule has 0 bridgehead atoms. The van der Waals surface area contributed by atoms with Crippen LogP contribution in [0.25, 0.3) is 10.2 Å². The Balaban J connectivity index is 1.40. The van der Waals surface area contributed by atoms with E-state index in [4.69, 9.17) is 4.98 Å². The molecule has 2 aromatic carbocycles. The number of anilines is 1. The molecule has 0 spiro atoms. The number of carbonyl (C=O) groups excluding carboxylic acids is 1. The summed E-state index contributed by atoms with van der Waals surface area (Å²) in [4.78, 5) is 31.5. The summed E-state index contributed by atoms with van der Waals surface area (Å²) in [6.45, 7) is 4.88. The SMILES string of the molecule is CC(Cc1nc2ccccc2s1)(C(=O)N1CCN(c2cnccn2)CC1)c1ccccc1. The van der Waals surface area contributed by atoms with E-state index in [1.807, 2.05) is 41.3 Å². The van der Waals surface area contributed by atoms with E-state index < -0.39 is 5.41 Å². The molecule has 1 aliphatic heterocycles. The van der Waals surface area contributed by atoms with Crippen LogP contribution in [0.4, 0.5) is 5.82 Å². The van der Waals surface area contributed by atoms with Gasteiger partial charge in [-0.3, -0.25) is 9.78 Å². The van der Waals surface area contributed by atoms with Crippen LogP contribution in [0.5, 0.6) is 0 Å². The summed E-state index contributed by atoms with van der Waals surface area (Å²) in [5.74, 6) is 1.02. The Kier molecular flexibility index (Phi) is 5.57. The molecule has 7 heteroatoms. The highest BCUT2D eigenvalue weighted by Crippen LogP contribution is 2.34. The fraction of sp³-hybridized carbons (Fsp3) is 0.280. The van der Waals surface area contributed by atoms with Gasteiger partial charge in [-0.15, -0.1) is 11.3 Å². The lowest BCUT2D eigenvalue weighted by Gasteiger charge is -2.40. The van der Waals surface area contributed by atoms with Gasteiger partial charge in [0.1, 0.15) is 5.82 Å². The van der Waals surface area contributed by atoms with Crippen molar-refractivity contribution in [3.63, 3.8) is 0 Å². The molecular weight excluding hydrogens is 418 g/mol. The maximum atomic E-state index is 13.9. The number of hydrogen-bond donors (Lipinski definition) is 0. The third-order valence-corrected chi connectivity index (χ3v) is 7.20. The summed E-state index contributed by atoms with van der Waals surface area (Å²) in [5.41, 5.74) is 1.35. The van der Waals surface area contributed by atoms with Gasteiger partial charge in [0.2, 0.25) is 5.91 Å². The second-order valence-electron chi connectivity index (χ2n) is 8.29. The molecule has 0 N–H and O–H groups in total. The molecule has 1 amide bonds. The topological polar surface area (TPSA) is 62.2 Å². The Labute approximate surface area is 191 Å². The predicted octanol–water partition coefficient (Wildman–Crippen LogP) is 3.94. The van der Waals surface area contributed by atoms with Gasteiger partial charge in [0.25, 0.3) is 0 Å². The Bertz CT molecular complexity index is 1170. The number of rotatable bonds is 5. The quantitative estimate of drug-likeness (QED) is 0.468. The maximum absolute atomic E-state index is 13.9. The number of piperazine rings is 1. The minimum absolute atomic E-state index is 0.154. The van der Waals surface area contributed by atoms with Gasteiger partial charge in [-0.1, -0.05) is 42.5 Å². The molecule has 1 aliphatic rings. The number of carbonyl (C=O) groups is 1. The number of hydrogen-bond acceptors (Lipinski definition) is 6. The summed E-state index contributed by atoms with van der Waals surface area (Å²) < 4.78 is 1.16. The van der Waals surface area contributed by atoms with Gasteiger partial charge >= 0.3 is 0 Å². The summed E-state index contributed by atoms with van der Waals surface area (Å²) >= 11 is 1.68. The van der Waals surface area contributed by atoms with Crippen LogP contribution in [0.3, 0.4) is 0 Å². The first-order chi connectivity index (χ1) is 15.6. The first-order valence-electron chi connectivity index (χ1n) is 10.8. The lowest BCUT2D eigenvalue weighted by atomic mass is 9.78. The van der Waals surface area contributed by atoms with Gasteiger partial charge in [0.05, 0.1) is 26.8 Å². The van der Waals surface area contributed by atoms with Gasteiger partial charge in [-0.2, -0.15) is 0 Å². The molecule has 3 heterocycles. The normalized spacial score (nSPS) is 16.2. The number of aromatic nitrogens is 3. The van der Waals surface area contributed by atoms with Gasteiger partial charge in [-0.05, 0) is 24.6 Å². The number of para-hydroxylation sites is 1. The van der Waals surface area contributed by atoms with Crippen LogP contribution >= 0.6 is 11.3 Å². The van der Waals surface area contributed by atoms with Crippen LogP contribution in [0.2, 0.25) is 0 Å². The van der Waals surface area contributed by atoms with Crippen LogP contribution in [0, 0.1) is 0 Å². The molecule has 1 saturated heterocycles. The zero-order valence-electron chi connectivity index (χ0n) is 18.0. The van der Waals surface area contributed by atoms with E-state index in [1.54, 1.807) is 29.9 Å². The van der Waals surface area contributed by atoms with Crippen molar-refractivity contribution in [2.75, 3.05) is 31.1 Å². The van der Waals surface area contributed by atoms with Crippen molar-refractivity contribution in [3.8, 4) is 0 Å². The Morgan fingerprint density at radius 3 is 2.47 bits per heavy atom. The lowest BCUT2D eigenvalue weighted by Crippen LogP contribution is -2.54. The number of fused-ring (bicyclic) bond motifs is 1.